The van der Waals surface area contributed by atoms with Crippen LogP contribution >= 0.6 is 0 Å². The summed E-state index contributed by atoms with van der Waals surface area (Å²) in [5.74, 6) is 3.05. The average molecular weight is 376 g/mol. The van der Waals surface area contributed by atoms with Gasteiger partial charge in [-0.25, -0.2) is 4.99 Å². The molecule has 2 aliphatic rings. The number of rotatable bonds is 12. The first-order valence-corrected chi connectivity index (χ1v) is 10.2. The monoisotopic (exact) mass is 375 g/mol. The number of nitrogens with one attached hydrogen (secondary N) is 2. The molecule has 3 N–H and O–H groups in total. The number of nitrogens with zero attached hydrogens (tertiary/aromatic N) is 1. The highest BCUT2D eigenvalue weighted by atomic mass is 16.5. The van der Waals surface area contributed by atoms with Gasteiger partial charge in [0.15, 0.2) is 5.96 Å². The molecule has 0 aromatic heterocycles. The predicted octanol–water partition coefficient (Wildman–Crippen LogP) is 2.32. The number of aliphatic imine (C=N–C) groups is 1. The van der Waals surface area contributed by atoms with E-state index in [0.717, 1.165) is 37.0 Å². The van der Waals surface area contributed by atoms with E-state index in [4.69, 9.17) is 9.47 Å². The summed E-state index contributed by atoms with van der Waals surface area (Å²) in [6, 6.07) is 8.07. The maximum absolute atomic E-state index is 10.1. The molecule has 0 aliphatic heterocycles. The van der Waals surface area contributed by atoms with Gasteiger partial charge in [0.1, 0.15) is 5.75 Å². The summed E-state index contributed by atoms with van der Waals surface area (Å²) in [4.78, 5) is 4.64. The third kappa shape index (κ3) is 7.77. The molecule has 2 fully saturated rings. The Kier molecular flexibility index (Phi) is 7.78. The molecule has 0 bridgehead atoms. The summed E-state index contributed by atoms with van der Waals surface area (Å²) < 4.78 is 11.5. The van der Waals surface area contributed by atoms with Gasteiger partial charge >= 0.3 is 0 Å². The zero-order valence-electron chi connectivity index (χ0n) is 16.3. The van der Waals surface area contributed by atoms with E-state index in [1.807, 2.05) is 25.1 Å². The highest BCUT2D eigenvalue weighted by Crippen LogP contribution is 2.30. The lowest BCUT2D eigenvalue weighted by atomic mass is 10.2. The van der Waals surface area contributed by atoms with E-state index in [-0.39, 0.29) is 0 Å². The molecule has 27 heavy (non-hydrogen) atoms. The van der Waals surface area contributed by atoms with E-state index in [2.05, 4.69) is 21.7 Å². The third-order valence-electron chi connectivity index (χ3n) is 4.76. The SMILES string of the molecule is CCNC(=NCc1ccccc1OCC1CC1)NCC(O)COCC1CC1. The number of benzene rings is 1. The van der Waals surface area contributed by atoms with Crippen LogP contribution in [0.1, 0.15) is 38.2 Å². The van der Waals surface area contributed by atoms with Crippen LogP contribution in [0.3, 0.4) is 0 Å². The molecule has 1 atom stereocenters. The van der Waals surface area contributed by atoms with Crippen molar-refractivity contribution < 1.29 is 14.6 Å². The number of hydrogen-bond donors (Lipinski definition) is 3. The summed E-state index contributed by atoms with van der Waals surface area (Å²) in [5.41, 5.74) is 1.07. The molecule has 2 saturated carbocycles. The molecule has 1 unspecified atom stereocenters. The predicted molar refractivity (Wildman–Crippen MR) is 107 cm³/mol. The summed E-state index contributed by atoms with van der Waals surface area (Å²) in [6.07, 6.45) is 4.54. The molecule has 0 saturated heterocycles. The van der Waals surface area contributed by atoms with Crippen LogP contribution in [-0.4, -0.2) is 50.1 Å². The fraction of sp³-hybridized carbons (Fsp3) is 0.667. The fourth-order valence-electron chi connectivity index (χ4n) is 2.70. The minimum atomic E-state index is -0.540. The summed E-state index contributed by atoms with van der Waals surface area (Å²) in [6.45, 7) is 5.66. The number of ether oxygens (including phenoxy) is 2. The third-order valence-corrected chi connectivity index (χ3v) is 4.76. The number of aliphatic hydroxyl groups is 1. The Morgan fingerprint density at radius 2 is 1.89 bits per heavy atom. The number of hydrogen-bond acceptors (Lipinski definition) is 4. The van der Waals surface area contributed by atoms with Gasteiger partial charge in [-0.2, -0.15) is 0 Å². The van der Waals surface area contributed by atoms with Crippen LogP contribution in [-0.2, 0) is 11.3 Å². The van der Waals surface area contributed by atoms with Gasteiger partial charge in [-0.1, -0.05) is 18.2 Å². The maximum Gasteiger partial charge on any atom is 0.191 e. The van der Waals surface area contributed by atoms with Crippen molar-refractivity contribution in [3.05, 3.63) is 29.8 Å². The van der Waals surface area contributed by atoms with Crippen LogP contribution in [0.5, 0.6) is 5.75 Å². The van der Waals surface area contributed by atoms with Crippen molar-refractivity contribution in [2.24, 2.45) is 16.8 Å². The largest absolute Gasteiger partial charge is 0.493 e. The average Bonchev–Trinajstić information content (AvgIpc) is 3.58. The Hall–Kier alpha value is -1.79. The van der Waals surface area contributed by atoms with Gasteiger partial charge < -0.3 is 25.2 Å². The van der Waals surface area contributed by atoms with Crippen LogP contribution in [0.4, 0.5) is 0 Å². The molecule has 6 nitrogen and oxygen atoms in total. The maximum atomic E-state index is 10.1. The van der Waals surface area contributed by atoms with E-state index in [1.165, 1.54) is 25.7 Å². The lowest BCUT2D eigenvalue weighted by Crippen LogP contribution is -2.42. The molecule has 150 valence electrons. The second-order valence-corrected chi connectivity index (χ2v) is 7.57. The summed E-state index contributed by atoms with van der Waals surface area (Å²) >= 11 is 0. The van der Waals surface area contributed by atoms with Crippen molar-refractivity contribution in [1.29, 1.82) is 0 Å². The van der Waals surface area contributed by atoms with E-state index in [0.29, 0.717) is 31.6 Å². The Bertz CT molecular complexity index is 600. The van der Waals surface area contributed by atoms with E-state index in [9.17, 15) is 5.11 Å². The van der Waals surface area contributed by atoms with Gasteiger partial charge in [0, 0.05) is 25.3 Å². The number of guanidine groups is 1. The number of para-hydroxylation sites is 1. The smallest absolute Gasteiger partial charge is 0.191 e. The Balaban J connectivity index is 1.45. The van der Waals surface area contributed by atoms with Crippen molar-refractivity contribution in [3.63, 3.8) is 0 Å². The van der Waals surface area contributed by atoms with Gasteiger partial charge in [-0.3, -0.25) is 0 Å². The Labute approximate surface area is 162 Å². The lowest BCUT2D eigenvalue weighted by molar-refractivity contribution is 0.0345. The number of aliphatic hydroxyl groups excluding tert-OH is 1. The molecule has 0 heterocycles. The molecule has 1 aromatic rings. The first-order chi connectivity index (χ1) is 13.2. The van der Waals surface area contributed by atoms with Crippen LogP contribution in [0.2, 0.25) is 0 Å². The normalized spacial score (nSPS) is 18.2. The lowest BCUT2D eigenvalue weighted by Gasteiger charge is -2.16. The molecule has 1 aromatic carbocycles. The van der Waals surface area contributed by atoms with Crippen molar-refractivity contribution in [2.45, 2.75) is 45.3 Å². The van der Waals surface area contributed by atoms with Gasteiger partial charge in [-0.15, -0.1) is 0 Å². The molecular formula is C21H33N3O3. The molecule has 0 amide bonds. The second-order valence-electron chi connectivity index (χ2n) is 7.57. The van der Waals surface area contributed by atoms with Crippen molar-refractivity contribution in [1.82, 2.24) is 10.6 Å². The zero-order chi connectivity index (χ0) is 18.9. The zero-order valence-corrected chi connectivity index (χ0v) is 16.3. The first kappa shape index (κ1) is 20.0. The van der Waals surface area contributed by atoms with E-state index >= 15 is 0 Å². The molecular weight excluding hydrogens is 342 g/mol. The van der Waals surface area contributed by atoms with Gasteiger partial charge in [-0.05, 0) is 50.5 Å². The summed E-state index contributed by atoms with van der Waals surface area (Å²) in [7, 11) is 0. The topological polar surface area (TPSA) is 75.1 Å². The minimum absolute atomic E-state index is 0.362. The van der Waals surface area contributed by atoms with Gasteiger partial charge in [0.2, 0.25) is 0 Å². The van der Waals surface area contributed by atoms with E-state index in [1.54, 1.807) is 0 Å². The van der Waals surface area contributed by atoms with Gasteiger partial charge in [0.05, 0.1) is 25.9 Å². The second kappa shape index (κ2) is 10.5. The molecule has 2 aliphatic carbocycles. The molecule has 6 heteroatoms. The van der Waals surface area contributed by atoms with Crippen molar-refractivity contribution in [3.8, 4) is 5.75 Å². The molecule has 0 radical (unpaired) electrons. The van der Waals surface area contributed by atoms with Crippen LogP contribution in [0.15, 0.2) is 29.3 Å². The highest BCUT2D eigenvalue weighted by molar-refractivity contribution is 5.79. The van der Waals surface area contributed by atoms with Crippen LogP contribution in [0.25, 0.3) is 0 Å². The summed E-state index contributed by atoms with van der Waals surface area (Å²) in [5, 5.41) is 16.5. The van der Waals surface area contributed by atoms with Crippen molar-refractivity contribution in [2.75, 3.05) is 32.9 Å². The quantitative estimate of drug-likeness (QED) is 0.386. The van der Waals surface area contributed by atoms with Crippen LogP contribution < -0.4 is 15.4 Å². The van der Waals surface area contributed by atoms with Gasteiger partial charge in [0.25, 0.3) is 0 Å². The molecule has 0 spiro atoms. The van der Waals surface area contributed by atoms with Crippen molar-refractivity contribution >= 4 is 5.96 Å². The van der Waals surface area contributed by atoms with Crippen LogP contribution in [0, 0.1) is 11.8 Å². The molecule has 3 rings (SSSR count). The first-order valence-electron chi connectivity index (χ1n) is 10.2. The Morgan fingerprint density at radius 3 is 2.63 bits per heavy atom. The fourth-order valence-corrected chi connectivity index (χ4v) is 2.70. The Morgan fingerprint density at radius 1 is 1.15 bits per heavy atom. The minimum Gasteiger partial charge on any atom is -0.493 e. The standard InChI is InChI=1S/C21H33N3O3/c1-2-22-21(24-12-19(25)15-26-13-16-7-8-16)23-11-18-5-3-4-6-20(18)27-14-17-9-10-17/h3-6,16-17,19,25H,2,7-15H2,1H3,(H2,22,23,24). The highest BCUT2D eigenvalue weighted by Gasteiger charge is 2.22. The van der Waals surface area contributed by atoms with E-state index < -0.39 is 6.10 Å².